The van der Waals surface area contributed by atoms with E-state index in [-0.39, 0.29) is 23.9 Å². The molecule has 0 spiro atoms. The van der Waals surface area contributed by atoms with E-state index in [9.17, 15) is 14.0 Å². The molecule has 0 saturated heterocycles. The van der Waals surface area contributed by atoms with Crippen molar-refractivity contribution in [2.45, 2.75) is 32.2 Å². The Bertz CT molecular complexity index is 693. The molecule has 3 rings (SSSR count). The number of halogens is 1. The van der Waals surface area contributed by atoms with Gasteiger partial charge in [0.15, 0.2) is 5.78 Å². The minimum Gasteiger partial charge on any atom is -0.299 e. The maximum Gasteiger partial charge on any atom is 0.170 e. The van der Waals surface area contributed by atoms with E-state index < -0.39 is 5.82 Å². The molecule has 0 aliphatic heterocycles. The maximum absolute atomic E-state index is 13.5. The van der Waals surface area contributed by atoms with Gasteiger partial charge in [0, 0.05) is 18.0 Å². The Morgan fingerprint density at radius 3 is 2.82 bits per heavy atom. The van der Waals surface area contributed by atoms with Crippen molar-refractivity contribution in [3.63, 3.8) is 0 Å². The number of benzene rings is 1. The van der Waals surface area contributed by atoms with Crippen LogP contribution in [0.1, 0.15) is 35.2 Å². The molecule has 1 aromatic heterocycles. The van der Waals surface area contributed by atoms with Gasteiger partial charge in [-0.15, -0.1) is 0 Å². The largest absolute Gasteiger partial charge is 0.299 e. The van der Waals surface area contributed by atoms with Crippen molar-refractivity contribution < 1.29 is 14.0 Å². The minimum absolute atomic E-state index is 0.00319. The summed E-state index contributed by atoms with van der Waals surface area (Å²) in [5, 5.41) is 3.98. The van der Waals surface area contributed by atoms with E-state index in [1.807, 2.05) is 0 Å². The highest BCUT2D eigenvalue weighted by atomic mass is 19.1. The molecule has 2 aromatic rings. The number of carbonyl (C=O) groups excluding carboxylic acids is 2. The first-order valence-electron chi connectivity index (χ1n) is 7.30. The van der Waals surface area contributed by atoms with Gasteiger partial charge in [-0.1, -0.05) is 0 Å². The zero-order chi connectivity index (χ0) is 15.5. The van der Waals surface area contributed by atoms with Crippen molar-refractivity contribution in [3.05, 3.63) is 47.8 Å². The molecule has 0 amide bonds. The van der Waals surface area contributed by atoms with Crippen LogP contribution in [0.5, 0.6) is 0 Å². The third-order valence-corrected chi connectivity index (χ3v) is 3.81. The standard InChI is InChI=1S/C16H16FN3O2/c17-13-3-4-14(16(22)8-15(21)11-1-2-11)12(7-13)5-6-20-10-18-9-19-20/h3-4,7,9-11H,1-2,5-6,8H2. The van der Waals surface area contributed by atoms with Gasteiger partial charge >= 0.3 is 0 Å². The summed E-state index contributed by atoms with van der Waals surface area (Å²) in [5.41, 5.74) is 1.03. The molecular weight excluding hydrogens is 285 g/mol. The molecule has 0 N–H and O–H groups in total. The predicted molar refractivity (Wildman–Crippen MR) is 76.8 cm³/mol. The van der Waals surface area contributed by atoms with Gasteiger partial charge in [-0.2, -0.15) is 5.10 Å². The molecule has 114 valence electrons. The second kappa shape index (κ2) is 6.17. The number of Topliss-reactive ketones (excluding diaryl/α,β-unsaturated/α-hetero) is 2. The molecule has 1 fully saturated rings. The van der Waals surface area contributed by atoms with E-state index in [4.69, 9.17) is 0 Å². The van der Waals surface area contributed by atoms with E-state index in [0.29, 0.717) is 24.1 Å². The quantitative estimate of drug-likeness (QED) is 0.581. The third kappa shape index (κ3) is 3.44. The number of ketones is 2. The number of hydrogen-bond donors (Lipinski definition) is 0. The Morgan fingerprint density at radius 1 is 1.32 bits per heavy atom. The first kappa shape index (κ1) is 14.6. The second-order valence-electron chi connectivity index (χ2n) is 5.55. The lowest BCUT2D eigenvalue weighted by Crippen LogP contribution is -2.13. The Kier molecular flexibility index (Phi) is 4.09. The van der Waals surface area contributed by atoms with Crippen molar-refractivity contribution in [2.75, 3.05) is 0 Å². The molecule has 5 nitrogen and oxygen atoms in total. The lowest BCUT2D eigenvalue weighted by Gasteiger charge is -2.09. The van der Waals surface area contributed by atoms with E-state index >= 15 is 0 Å². The number of hydrogen-bond acceptors (Lipinski definition) is 4. The summed E-state index contributed by atoms with van der Waals surface area (Å²) < 4.78 is 15.1. The Hall–Kier alpha value is -2.37. The molecule has 1 aromatic carbocycles. The minimum atomic E-state index is -0.390. The van der Waals surface area contributed by atoms with Gasteiger partial charge in [0.05, 0.1) is 6.42 Å². The van der Waals surface area contributed by atoms with Gasteiger partial charge in [0.2, 0.25) is 0 Å². The van der Waals surface area contributed by atoms with Crippen LogP contribution in [-0.4, -0.2) is 26.3 Å². The van der Waals surface area contributed by atoms with Gasteiger partial charge in [0.25, 0.3) is 0 Å². The summed E-state index contributed by atoms with van der Waals surface area (Å²) in [7, 11) is 0. The maximum atomic E-state index is 13.5. The van der Waals surface area contributed by atoms with E-state index in [1.165, 1.54) is 24.5 Å². The van der Waals surface area contributed by atoms with Gasteiger partial charge < -0.3 is 0 Å². The monoisotopic (exact) mass is 301 g/mol. The van der Waals surface area contributed by atoms with Crippen LogP contribution < -0.4 is 0 Å². The molecule has 0 atom stereocenters. The third-order valence-electron chi connectivity index (χ3n) is 3.81. The summed E-state index contributed by atoms with van der Waals surface area (Å²) in [5.74, 6) is -0.566. The van der Waals surface area contributed by atoms with Gasteiger partial charge in [0.1, 0.15) is 24.3 Å². The van der Waals surface area contributed by atoms with Crippen LogP contribution >= 0.6 is 0 Å². The fraction of sp³-hybridized carbons (Fsp3) is 0.375. The predicted octanol–water partition coefficient (Wildman–Crippen LogP) is 2.21. The molecule has 1 saturated carbocycles. The van der Waals surface area contributed by atoms with E-state index in [2.05, 4.69) is 10.1 Å². The highest BCUT2D eigenvalue weighted by Gasteiger charge is 2.31. The van der Waals surface area contributed by atoms with Crippen molar-refractivity contribution in [3.8, 4) is 0 Å². The van der Waals surface area contributed by atoms with Crippen molar-refractivity contribution >= 4 is 11.6 Å². The van der Waals surface area contributed by atoms with Crippen molar-refractivity contribution in [1.29, 1.82) is 0 Å². The fourth-order valence-corrected chi connectivity index (χ4v) is 2.43. The van der Waals surface area contributed by atoms with Gasteiger partial charge in [-0.25, -0.2) is 9.37 Å². The number of rotatable bonds is 7. The van der Waals surface area contributed by atoms with Crippen LogP contribution in [0.4, 0.5) is 4.39 Å². The van der Waals surface area contributed by atoms with Crippen LogP contribution in [0.2, 0.25) is 0 Å². The second-order valence-corrected chi connectivity index (χ2v) is 5.55. The zero-order valence-corrected chi connectivity index (χ0v) is 12.0. The topological polar surface area (TPSA) is 64.8 Å². The lowest BCUT2D eigenvalue weighted by molar-refractivity contribution is -0.119. The first-order valence-corrected chi connectivity index (χ1v) is 7.30. The number of nitrogens with zero attached hydrogens (tertiary/aromatic N) is 3. The van der Waals surface area contributed by atoms with Crippen LogP contribution in [0.25, 0.3) is 0 Å². The molecule has 0 bridgehead atoms. The number of aromatic nitrogens is 3. The SMILES string of the molecule is O=C(CC(=O)C1CC1)c1ccc(F)cc1CCn1cncn1. The molecule has 1 heterocycles. The molecule has 0 radical (unpaired) electrons. The summed E-state index contributed by atoms with van der Waals surface area (Å²) in [6.45, 7) is 0.500. The summed E-state index contributed by atoms with van der Waals surface area (Å²) in [6, 6.07) is 4.08. The van der Waals surface area contributed by atoms with Crippen LogP contribution in [-0.2, 0) is 17.8 Å². The Morgan fingerprint density at radius 2 is 2.14 bits per heavy atom. The Balaban J connectivity index is 1.74. The van der Waals surface area contributed by atoms with Crippen LogP contribution in [0, 0.1) is 11.7 Å². The van der Waals surface area contributed by atoms with E-state index in [0.717, 1.165) is 12.8 Å². The number of aryl methyl sites for hydroxylation is 2. The summed E-state index contributed by atoms with van der Waals surface area (Å²) >= 11 is 0. The molecule has 22 heavy (non-hydrogen) atoms. The van der Waals surface area contributed by atoms with Crippen LogP contribution in [0.15, 0.2) is 30.9 Å². The van der Waals surface area contributed by atoms with Gasteiger partial charge in [-0.05, 0) is 43.0 Å². The molecule has 1 aliphatic carbocycles. The van der Waals surface area contributed by atoms with Gasteiger partial charge in [-0.3, -0.25) is 14.3 Å². The number of carbonyl (C=O) groups is 2. The highest BCUT2D eigenvalue weighted by Crippen LogP contribution is 2.31. The first-order chi connectivity index (χ1) is 10.6. The van der Waals surface area contributed by atoms with Crippen molar-refractivity contribution in [2.24, 2.45) is 5.92 Å². The normalized spacial score (nSPS) is 14.0. The summed E-state index contributed by atoms with van der Waals surface area (Å²) in [6.07, 6.45) is 5.12. The molecule has 1 aliphatic rings. The summed E-state index contributed by atoms with van der Waals surface area (Å²) in [4.78, 5) is 27.9. The smallest absolute Gasteiger partial charge is 0.170 e. The van der Waals surface area contributed by atoms with E-state index in [1.54, 1.807) is 11.0 Å². The van der Waals surface area contributed by atoms with Crippen LogP contribution in [0.3, 0.4) is 0 Å². The average molecular weight is 301 g/mol. The average Bonchev–Trinajstić information content (AvgIpc) is 3.22. The molecular formula is C16H16FN3O2. The Labute approximate surface area is 127 Å². The molecule has 6 heteroatoms. The van der Waals surface area contributed by atoms with Crippen molar-refractivity contribution in [1.82, 2.24) is 14.8 Å². The zero-order valence-electron chi connectivity index (χ0n) is 12.0. The highest BCUT2D eigenvalue weighted by molar-refractivity contribution is 6.09. The lowest BCUT2D eigenvalue weighted by atomic mass is 9.97. The fourth-order valence-electron chi connectivity index (χ4n) is 2.43. The molecule has 0 unspecified atom stereocenters.